The van der Waals surface area contributed by atoms with Crippen molar-refractivity contribution in [1.29, 1.82) is 0 Å². The smallest absolute Gasteiger partial charge is 0.352 e. The molecule has 0 aliphatic carbocycles. The standard InChI is InChI=1S/C16H16FN3O3/c1-10-2-3-11(4-13(10)17)7-23-14-5-15-19(16(21)18-14)6-12-8-22-9-20(12)15/h2-5,12H,6-9H2,1H3. The van der Waals surface area contributed by atoms with Crippen molar-refractivity contribution in [3.63, 3.8) is 0 Å². The van der Waals surface area contributed by atoms with Gasteiger partial charge in [-0.2, -0.15) is 4.98 Å². The van der Waals surface area contributed by atoms with Gasteiger partial charge in [0.05, 0.1) is 19.2 Å². The van der Waals surface area contributed by atoms with Gasteiger partial charge in [-0.25, -0.2) is 9.18 Å². The number of anilines is 1. The zero-order valence-corrected chi connectivity index (χ0v) is 12.7. The van der Waals surface area contributed by atoms with Gasteiger partial charge in [-0.05, 0) is 24.1 Å². The molecule has 1 fully saturated rings. The molecule has 1 unspecified atom stereocenters. The van der Waals surface area contributed by atoms with Crippen molar-refractivity contribution in [3.8, 4) is 5.88 Å². The lowest BCUT2D eigenvalue weighted by Gasteiger charge is -2.15. The van der Waals surface area contributed by atoms with Crippen LogP contribution in [0.2, 0.25) is 0 Å². The van der Waals surface area contributed by atoms with E-state index >= 15 is 0 Å². The third-order valence-corrected chi connectivity index (χ3v) is 4.26. The molecule has 4 rings (SSSR count). The van der Waals surface area contributed by atoms with Crippen molar-refractivity contribution in [1.82, 2.24) is 9.55 Å². The normalized spacial score (nSPS) is 18.9. The summed E-state index contributed by atoms with van der Waals surface area (Å²) in [4.78, 5) is 18.1. The number of benzene rings is 1. The maximum atomic E-state index is 13.6. The van der Waals surface area contributed by atoms with E-state index in [9.17, 15) is 9.18 Å². The van der Waals surface area contributed by atoms with Crippen LogP contribution in [0.5, 0.6) is 5.88 Å². The Labute approximate surface area is 132 Å². The van der Waals surface area contributed by atoms with E-state index in [0.29, 0.717) is 31.0 Å². The molecule has 0 amide bonds. The van der Waals surface area contributed by atoms with Crippen LogP contribution in [0.1, 0.15) is 11.1 Å². The molecule has 2 aliphatic rings. The van der Waals surface area contributed by atoms with Gasteiger partial charge in [0.2, 0.25) is 5.88 Å². The molecule has 23 heavy (non-hydrogen) atoms. The molecule has 0 saturated carbocycles. The number of ether oxygens (including phenoxy) is 2. The van der Waals surface area contributed by atoms with Crippen LogP contribution in [0.15, 0.2) is 29.1 Å². The molecule has 1 aromatic heterocycles. The molecule has 0 N–H and O–H groups in total. The third kappa shape index (κ3) is 2.46. The molecule has 6 nitrogen and oxygen atoms in total. The molecular formula is C16H16FN3O3. The Morgan fingerprint density at radius 2 is 2.30 bits per heavy atom. The van der Waals surface area contributed by atoms with Crippen LogP contribution in [-0.2, 0) is 17.9 Å². The van der Waals surface area contributed by atoms with Crippen LogP contribution in [0.4, 0.5) is 10.2 Å². The summed E-state index contributed by atoms with van der Waals surface area (Å²) in [6, 6.07) is 6.85. The van der Waals surface area contributed by atoms with E-state index in [1.807, 2.05) is 4.90 Å². The van der Waals surface area contributed by atoms with E-state index in [1.54, 1.807) is 29.7 Å². The van der Waals surface area contributed by atoms with Crippen LogP contribution in [0, 0.1) is 12.7 Å². The SMILES string of the molecule is Cc1ccc(COc2cc3n(c(=O)n2)CC2COCN32)cc1F. The molecule has 3 heterocycles. The predicted molar refractivity (Wildman–Crippen MR) is 81.1 cm³/mol. The number of fused-ring (bicyclic) bond motifs is 3. The fourth-order valence-electron chi connectivity index (χ4n) is 2.94. The Kier molecular flexibility index (Phi) is 3.30. The van der Waals surface area contributed by atoms with Crippen molar-refractivity contribution in [3.05, 3.63) is 51.7 Å². The van der Waals surface area contributed by atoms with Crippen LogP contribution < -0.4 is 15.3 Å². The topological polar surface area (TPSA) is 56.6 Å². The second-order valence-electron chi connectivity index (χ2n) is 5.84. The molecule has 2 aromatic rings. The Morgan fingerprint density at radius 3 is 3.13 bits per heavy atom. The lowest BCUT2D eigenvalue weighted by Crippen LogP contribution is -2.26. The number of halogens is 1. The minimum Gasteiger partial charge on any atom is -0.473 e. The van der Waals surface area contributed by atoms with Crippen LogP contribution in [0.25, 0.3) is 0 Å². The van der Waals surface area contributed by atoms with E-state index < -0.39 is 0 Å². The molecule has 1 aromatic carbocycles. The van der Waals surface area contributed by atoms with Gasteiger partial charge in [0, 0.05) is 6.07 Å². The average Bonchev–Trinajstić information content (AvgIpc) is 3.10. The van der Waals surface area contributed by atoms with Gasteiger partial charge in [0.15, 0.2) is 0 Å². The largest absolute Gasteiger partial charge is 0.473 e. The van der Waals surface area contributed by atoms with Crippen molar-refractivity contribution >= 4 is 5.82 Å². The average molecular weight is 317 g/mol. The van der Waals surface area contributed by atoms with Crippen molar-refractivity contribution in [2.45, 2.75) is 26.1 Å². The molecule has 7 heteroatoms. The summed E-state index contributed by atoms with van der Waals surface area (Å²) in [5, 5.41) is 0. The second kappa shape index (κ2) is 5.34. The summed E-state index contributed by atoms with van der Waals surface area (Å²) in [6.07, 6.45) is 0. The van der Waals surface area contributed by atoms with Gasteiger partial charge in [0.1, 0.15) is 25.0 Å². The van der Waals surface area contributed by atoms with Crippen LogP contribution in [-0.4, -0.2) is 28.9 Å². The highest BCUT2D eigenvalue weighted by Crippen LogP contribution is 2.29. The van der Waals surface area contributed by atoms with E-state index in [4.69, 9.17) is 9.47 Å². The summed E-state index contributed by atoms with van der Waals surface area (Å²) in [5.74, 6) is 0.734. The summed E-state index contributed by atoms with van der Waals surface area (Å²) >= 11 is 0. The van der Waals surface area contributed by atoms with Crippen molar-refractivity contribution < 1.29 is 13.9 Å². The van der Waals surface area contributed by atoms with Gasteiger partial charge >= 0.3 is 5.69 Å². The van der Waals surface area contributed by atoms with Crippen molar-refractivity contribution in [2.75, 3.05) is 18.2 Å². The van der Waals surface area contributed by atoms with Gasteiger partial charge in [-0.3, -0.25) is 4.57 Å². The Balaban J connectivity index is 1.56. The Bertz CT molecular complexity index is 821. The number of hydrogen-bond acceptors (Lipinski definition) is 5. The first kappa shape index (κ1) is 14.2. The predicted octanol–water partition coefficient (Wildman–Crippen LogP) is 1.45. The van der Waals surface area contributed by atoms with Gasteiger partial charge in [-0.15, -0.1) is 0 Å². The fraction of sp³-hybridized carbons (Fsp3) is 0.375. The maximum absolute atomic E-state index is 13.6. The highest BCUT2D eigenvalue weighted by molar-refractivity contribution is 5.47. The lowest BCUT2D eigenvalue weighted by molar-refractivity contribution is 0.189. The van der Waals surface area contributed by atoms with Gasteiger partial charge < -0.3 is 14.4 Å². The number of rotatable bonds is 3. The molecule has 1 saturated heterocycles. The Morgan fingerprint density at radius 1 is 1.43 bits per heavy atom. The number of aromatic nitrogens is 2. The maximum Gasteiger partial charge on any atom is 0.352 e. The van der Waals surface area contributed by atoms with E-state index in [-0.39, 0.29) is 30.0 Å². The quantitative estimate of drug-likeness (QED) is 0.857. The summed E-state index contributed by atoms with van der Waals surface area (Å²) in [6.45, 7) is 3.53. The first-order valence-electron chi connectivity index (χ1n) is 7.46. The highest BCUT2D eigenvalue weighted by Gasteiger charge is 2.35. The fourth-order valence-corrected chi connectivity index (χ4v) is 2.94. The molecule has 2 aliphatic heterocycles. The summed E-state index contributed by atoms with van der Waals surface area (Å²) < 4.78 is 26.2. The van der Waals surface area contributed by atoms with E-state index in [0.717, 1.165) is 5.82 Å². The summed E-state index contributed by atoms with van der Waals surface area (Å²) in [7, 11) is 0. The number of hydrogen-bond donors (Lipinski definition) is 0. The van der Waals surface area contributed by atoms with E-state index in [1.165, 1.54) is 6.07 Å². The first-order valence-corrected chi connectivity index (χ1v) is 7.46. The molecular weight excluding hydrogens is 301 g/mol. The third-order valence-electron chi connectivity index (χ3n) is 4.26. The Hall–Kier alpha value is -2.41. The van der Waals surface area contributed by atoms with Gasteiger partial charge in [0.25, 0.3) is 0 Å². The zero-order valence-electron chi connectivity index (χ0n) is 12.7. The second-order valence-corrected chi connectivity index (χ2v) is 5.84. The van der Waals surface area contributed by atoms with Gasteiger partial charge in [-0.1, -0.05) is 12.1 Å². The summed E-state index contributed by atoms with van der Waals surface area (Å²) in [5.41, 5.74) is 0.947. The molecule has 120 valence electrons. The monoisotopic (exact) mass is 317 g/mol. The van der Waals surface area contributed by atoms with Crippen LogP contribution in [0.3, 0.4) is 0 Å². The molecule has 1 atom stereocenters. The zero-order chi connectivity index (χ0) is 16.0. The minimum absolute atomic E-state index is 0.160. The lowest BCUT2D eigenvalue weighted by atomic mass is 10.1. The molecule has 0 spiro atoms. The number of nitrogens with zero attached hydrogens (tertiary/aromatic N) is 3. The van der Waals surface area contributed by atoms with Crippen LogP contribution >= 0.6 is 0 Å². The van der Waals surface area contributed by atoms with E-state index in [2.05, 4.69) is 4.98 Å². The molecule has 0 radical (unpaired) electrons. The number of aryl methyl sites for hydroxylation is 1. The first-order chi connectivity index (χ1) is 11.1. The van der Waals surface area contributed by atoms with Crippen molar-refractivity contribution in [2.24, 2.45) is 0 Å². The highest BCUT2D eigenvalue weighted by atomic mass is 19.1. The minimum atomic E-state index is -0.331. The molecule has 0 bridgehead atoms.